The summed E-state index contributed by atoms with van der Waals surface area (Å²) < 4.78 is 32.5. The van der Waals surface area contributed by atoms with E-state index in [-0.39, 0.29) is 19.0 Å². The highest BCUT2D eigenvalue weighted by molar-refractivity contribution is 5.88. The normalized spacial score (nSPS) is 11.3. The summed E-state index contributed by atoms with van der Waals surface area (Å²) in [5.41, 5.74) is 3.32. The monoisotopic (exact) mass is 549 g/mol. The van der Waals surface area contributed by atoms with E-state index >= 15 is 4.39 Å². The zero-order valence-corrected chi connectivity index (χ0v) is 23.1. The van der Waals surface area contributed by atoms with Crippen molar-refractivity contribution < 1.29 is 28.8 Å². The Morgan fingerprint density at radius 3 is 2.23 bits per heavy atom. The molecule has 9 heteroatoms. The molecule has 4 aromatic rings. The zero-order valence-electron chi connectivity index (χ0n) is 23.1. The molecule has 40 heavy (non-hydrogen) atoms. The first-order chi connectivity index (χ1) is 19.4. The van der Waals surface area contributed by atoms with Gasteiger partial charge < -0.3 is 29.7 Å². The number of aliphatic hydroxyl groups excluding tert-OH is 2. The van der Waals surface area contributed by atoms with Crippen molar-refractivity contribution in [3.63, 3.8) is 0 Å². The summed E-state index contributed by atoms with van der Waals surface area (Å²) in [7, 11) is 1.54. The van der Waals surface area contributed by atoms with Gasteiger partial charge >= 0.3 is 0 Å². The number of anilines is 2. The fraction of sp³-hybridized carbons (Fsp3) is 0.323. The smallest absolute Gasteiger partial charge is 0.167 e. The van der Waals surface area contributed by atoms with Crippen LogP contribution in [0, 0.1) is 5.82 Å². The lowest BCUT2D eigenvalue weighted by atomic mass is 10.0. The maximum Gasteiger partial charge on any atom is 0.167 e. The Morgan fingerprint density at radius 1 is 0.850 bits per heavy atom. The fourth-order valence-electron chi connectivity index (χ4n) is 4.29. The molecule has 1 aromatic heterocycles. The summed E-state index contributed by atoms with van der Waals surface area (Å²) in [6, 6.07) is 18.0. The van der Waals surface area contributed by atoms with E-state index in [2.05, 4.69) is 36.3 Å². The lowest BCUT2D eigenvalue weighted by molar-refractivity contribution is 0.140. The van der Waals surface area contributed by atoms with Crippen LogP contribution in [0.5, 0.6) is 23.0 Å². The number of fused-ring (bicyclic) bond motifs is 1. The van der Waals surface area contributed by atoms with Crippen LogP contribution in [0.2, 0.25) is 0 Å². The van der Waals surface area contributed by atoms with Crippen LogP contribution < -0.4 is 19.5 Å². The zero-order chi connectivity index (χ0) is 28.5. The van der Waals surface area contributed by atoms with Crippen molar-refractivity contribution in [3.05, 3.63) is 78.2 Å². The molecule has 0 saturated carbocycles. The number of hydrogen-bond acceptors (Lipinski definition) is 8. The number of ether oxygens (including phenoxy) is 3. The molecule has 0 saturated heterocycles. The Bertz CT molecular complexity index is 1390. The summed E-state index contributed by atoms with van der Waals surface area (Å²) >= 11 is 0. The third-order valence-electron chi connectivity index (χ3n) is 6.50. The number of rotatable bonds is 14. The average Bonchev–Trinajstić information content (AvgIpc) is 2.94. The van der Waals surface area contributed by atoms with Gasteiger partial charge in [0.15, 0.2) is 23.1 Å². The maximum absolute atomic E-state index is 15.1. The van der Waals surface area contributed by atoms with Crippen LogP contribution in [0.4, 0.5) is 15.8 Å². The van der Waals surface area contributed by atoms with Gasteiger partial charge in [-0.05, 0) is 47.9 Å². The molecule has 0 bridgehead atoms. The minimum Gasteiger partial charge on any atom is -0.493 e. The van der Waals surface area contributed by atoms with Crippen molar-refractivity contribution in [2.45, 2.75) is 19.8 Å². The highest BCUT2D eigenvalue weighted by Crippen LogP contribution is 2.38. The number of hydrogen-bond donors (Lipinski definition) is 3. The summed E-state index contributed by atoms with van der Waals surface area (Å²) in [6.45, 7) is 6.01. The molecule has 3 aromatic carbocycles. The van der Waals surface area contributed by atoms with Gasteiger partial charge in [0.25, 0.3) is 0 Å². The number of aromatic nitrogens is 1. The van der Waals surface area contributed by atoms with Crippen molar-refractivity contribution >= 4 is 22.3 Å². The third-order valence-corrected chi connectivity index (χ3v) is 6.50. The number of pyridine rings is 1. The third kappa shape index (κ3) is 7.38. The average molecular weight is 550 g/mol. The number of halogens is 1. The van der Waals surface area contributed by atoms with Gasteiger partial charge in [-0.15, -0.1) is 0 Å². The maximum atomic E-state index is 15.1. The highest BCUT2D eigenvalue weighted by atomic mass is 19.1. The van der Waals surface area contributed by atoms with Crippen LogP contribution in [0.25, 0.3) is 10.9 Å². The molecule has 0 aliphatic heterocycles. The van der Waals surface area contributed by atoms with Crippen molar-refractivity contribution in [2.75, 3.05) is 51.9 Å². The molecule has 0 atom stereocenters. The van der Waals surface area contributed by atoms with Gasteiger partial charge in [0.05, 0.1) is 25.8 Å². The molecule has 0 amide bonds. The Balaban J connectivity index is 1.49. The van der Waals surface area contributed by atoms with Crippen molar-refractivity contribution in [1.29, 1.82) is 0 Å². The van der Waals surface area contributed by atoms with E-state index in [9.17, 15) is 10.2 Å². The number of nitrogens with zero attached hydrogens (tertiary/aromatic N) is 2. The Kier molecular flexibility index (Phi) is 10.1. The number of aliphatic hydroxyl groups is 2. The summed E-state index contributed by atoms with van der Waals surface area (Å²) in [5, 5.41) is 22.3. The number of benzene rings is 3. The van der Waals surface area contributed by atoms with Crippen molar-refractivity contribution in [3.8, 4) is 23.0 Å². The van der Waals surface area contributed by atoms with E-state index in [1.807, 2.05) is 17.0 Å². The molecule has 0 unspecified atom stereocenters. The summed E-state index contributed by atoms with van der Waals surface area (Å²) in [4.78, 5) is 6.32. The van der Waals surface area contributed by atoms with Gasteiger partial charge in [0.1, 0.15) is 12.4 Å². The first kappa shape index (κ1) is 29.1. The first-order valence-corrected chi connectivity index (χ1v) is 13.3. The molecule has 0 fully saturated rings. The van der Waals surface area contributed by atoms with Gasteiger partial charge in [0.2, 0.25) is 0 Å². The Labute approximate surface area is 234 Å². The molecular weight excluding hydrogens is 513 g/mol. The SMILES string of the molecule is COc1cc2c(Oc3ccc(Nc4ccc(C(C)C)cc4)cc3F)ccnc2cc1OCCN(CCO)CCO. The van der Waals surface area contributed by atoms with E-state index in [0.717, 1.165) is 5.69 Å². The number of nitrogens with one attached hydrogen (secondary N) is 1. The van der Waals surface area contributed by atoms with E-state index in [4.69, 9.17) is 14.2 Å². The van der Waals surface area contributed by atoms with Crippen LogP contribution in [-0.2, 0) is 0 Å². The van der Waals surface area contributed by atoms with Gasteiger partial charge in [-0.3, -0.25) is 9.88 Å². The van der Waals surface area contributed by atoms with Gasteiger partial charge in [-0.25, -0.2) is 4.39 Å². The van der Waals surface area contributed by atoms with Crippen molar-refractivity contribution in [1.82, 2.24) is 9.88 Å². The van der Waals surface area contributed by atoms with Gasteiger partial charge in [-0.1, -0.05) is 26.0 Å². The largest absolute Gasteiger partial charge is 0.493 e. The van der Waals surface area contributed by atoms with Gasteiger partial charge in [-0.2, -0.15) is 0 Å². The number of methoxy groups -OCH3 is 1. The van der Waals surface area contributed by atoms with Crippen LogP contribution in [0.15, 0.2) is 66.9 Å². The minimum atomic E-state index is -0.504. The second-order valence-corrected chi connectivity index (χ2v) is 9.62. The van der Waals surface area contributed by atoms with E-state index in [1.54, 1.807) is 36.5 Å². The van der Waals surface area contributed by atoms with Gasteiger partial charge in [0, 0.05) is 54.7 Å². The Morgan fingerprint density at radius 2 is 1.57 bits per heavy atom. The predicted octanol–water partition coefficient (Wildman–Crippen LogP) is 5.71. The van der Waals surface area contributed by atoms with E-state index in [1.165, 1.54) is 18.7 Å². The van der Waals surface area contributed by atoms with E-state index in [0.29, 0.717) is 66.0 Å². The second kappa shape index (κ2) is 13.9. The summed E-state index contributed by atoms with van der Waals surface area (Å²) in [6.07, 6.45) is 1.59. The van der Waals surface area contributed by atoms with Crippen LogP contribution in [0.3, 0.4) is 0 Å². The lowest BCUT2D eigenvalue weighted by Crippen LogP contribution is -2.33. The molecule has 0 aliphatic rings. The summed E-state index contributed by atoms with van der Waals surface area (Å²) in [5.74, 6) is 1.42. The molecule has 0 spiro atoms. The highest BCUT2D eigenvalue weighted by Gasteiger charge is 2.15. The van der Waals surface area contributed by atoms with Crippen LogP contribution >= 0.6 is 0 Å². The molecule has 4 rings (SSSR count). The molecule has 1 heterocycles. The van der Waals surface area contributed by atoms with Crippen LogP contribution in [-0.4, -0.2) is 66.7 Å². The minimum absolute atomic E-state index is 0.00193. The molecular formula is C31H36FN3O5. The fourth-order valence-corrected chi connectivity index (χ4v) is 4.29. The molecule has 8 nitrogen and oxygen atoms in total. The predicted molar refractivity (Wildman–Crippen MR) is 155 cm³/mol. The first-order valence-electron chi connectivity index (χ1n) is 13.3. The van der Waals surface area contributed by atoms with E-state index < -0.39 is 5.82 Å². The second-order valence-electron chi connectivity index (χ2n) is 9.62. The molecule has 0 aliphatic carbocycles. The van der Waals surface area contributed by atoms with Crippen molar-refractivity contribution in [2.24, 2.45) is 0 Å². The Hall–Kier alpha value is -3.92. The molecule has 0 radical (unpaired) electrons. The van der Waals surface area contributed by atoms with Crippen LogP contribution in [0.1, 0.15) is 25.3 Å². The lowest BCUT2D eigenvalue weighted by Gasteiger charge is -2.20. The quantitative estimate of drug-likeness (QED) is 0.184. The topological polar surface area (TPSA) is 96.3 Å². The molecule has 212 valence electrons. The molecule has 3 N–H and O–H groups in total. The standard InChI is InChI=1S/C31H36FN3O5/c1-21(2)22-4-6-23(7-5-22)34-24-8-9-29(26(32)18-24)40-28-10-11-33-27-20-31(30(38-3)19-25(27)28)39-17-14-35(12-15-36)13-16-37/h4-11,18-21,34,36-37H,12-17H2,1-3H3.